The number of rotatable bonds is 17. The van der Waals surface area contributed by atoms with Gasteiger partial charge in [-0.3, -0.25) is 14.4 Å². The zero-order valence-corrected chi connectivity index (χ0v) is 39.1. The number of methoxy groups -OCH3 is 4. The highest BCUT2D eigenvalue weighted by atomic mass is 16.6. The maximum Gasteiger partial charge on any atom is 0.408 e. The summed E-state index contributed by atoms with van der Waals surface area (Å²) in [5.74, 6) is 0.641. The largest absolute Gasteiger partial charge is 0.493 e. The van der Waals surface area contributed by atoms with Crippen LogP contribution in [0.2, 0.25) is 0 Å². The summed E-state index contributed by atoms with van der Waals surface area (Å²) in [5.41, 5.74) is 1.66. The van der Waals surface area contributed by atoms with Gasteiger partial charge in [-0.05, 0) is 125 Å². The van der Waals surface area contributed by atoms with Crippen molar-refractivity contribution in [2.45, 2.75) is 133 Å². The number of aliphatic hydroxyl groups excluding tert-OH is 1. The number of amides is 2. The quantitative estimate of drug-likeness (QED) is 0.0687. The molecule has 3 aromatic carbocycles. The lowest BCUT2D eigenvalue weighted by Gasteiger charge is -2.58. The summed E-state index contributed by atoms with van der Waals surface area (Å²) in [6.07, 6.45) is 4.00. The molecule has 3 aromatic rings. The highest BCUT2D eigenvalue weighted by Crippen LogP contribution is 2.58. The number of hydrogen-bond donors (Lipinski definition) is 3. The van der Waals surface area contributed by atoms with Crippen molar-refractivity contribution in [3.8, 4) is 34.1 Å². The maximum absolute atomic E-state index is 13.7. The van der Waals surface area contributed by atoms with E-state index in [1.54, 1.807) is 71.4 Å². The molecule has 66 heavy (non-hydrogen) atoms. The van der Waals surface area contributed by atoms with Gasteiger partial charge in [0, 0.05) is 30.2 Å². The molecule has 0 aromatic heterocycles. The van der Waals surface area contributed by atoms with Gasteiger partial charge in [-0.2, -0.15) is 0 Å². The molecule has 5 aliphatic rings. The number of alkyl carbamates (subject to hydrolysis) is 1. The van der Waals surface area contributed by atoms with Crippen LogP contribution in [0.5, 0.6) is 23.0 Å². The van der Waals surface area contributed by atoms with Crippen molar-refractivity contribution in [1.82, 2.24) is 10.6 Å². The van der Waals surface area contributed by atoms with E-state index < -0.39 is 41.5 Å². The van der Waals surface area contributed by atoms with Crippen molar-refractivity contribution in [3.63, 3.8) is 0 Å². The molecule has 2 unspecified atom stereocenters. The van der Waals surface area contributed by atoms with Crippen LogP contribution in [-0.2, 0) is 35.0 Å². The van der Waals surface area contributed by atoms with E-state index in [-0.39, 0.29) is 53.8 Å². The fourth-order valence-electron chi connectivity index (χ4n) is 10.9. The van der Waals surface area contributed by atoms with Crippen molar-refractivity contribution in [2.75, 3.05) is 28.4 Å². The van der Waals surface area contributed by atoms with E-state index in [2.05, 4.69) is 10.6 Å². The highest BCUT2D eigenvalue weighted by molar-refractivity contribution is 5.84. The molecule has 4 saturated carbocycles. The average molecular weight is 913 g/mol. The first-order valence-electron chi connectivity index (χ1n) is 23.0. The Labute approximate surface area is 386 Å². The van der Waals surface area contributed by atoms with E-state index in [0.29, 0.717) is 91.2 Å². The summed E-state index contributed by atoms with van der Waals surface area (Å²) >= 11 is 0. The van der Waals surface area contributed by atoms with E-state index >= 15 is 0 Å². The number of hydrogen-bond acceptors (Lipinski definition) is 13. The molecule has 4 fully saturated rings. The predicted octanol–water partition coefficient (Wildman–Crippen LogP) is 7.46. The summed E-state index contributed by atoms with van der Waals surface area (Å²) in [5, 5.41) is 17.2. The number of aryl methyl sites for hydroxylation is 1. The zero-order valence-electron chi connectivity index (χ0n) is 39.1. The van der Waals surface area contributed by atoms with Crippen molar-refractivity contribution in [3.05, 3.63) is 81.5 Å². The number of nitrogens with one attached hydrogen (secondary N) is 2. The van der Waals surface area contributed by atoms with E-state index in [4.69, 9.17) is 33.2 Å². The molecular weight excluding hydrogens is 849 g/mol. The molecule has 15 heteroatoms. The summed E-state index contributed by atoms with van der Waals surface area (Å²) in [7, 11) is 6.09. The third kappa shape index (κ3) is 10.7. The molecule has 15 nitrogen and oxygen atoms in total. The number of aliphatic hydroxyl groups is 1. The Balaban J connectivity index is 0.913. The number of unbranched alkanes of at least 4 members (excludes halogenated alkanes) is 2. The van der Waals surface area contributed by atoms with Gasteiger partial charge in [0.15, 0.2) is 23.4 Å². The van der Waals surface area contributed by atoms with Crippen molar-refractivity contribution in [2.24, 2.45) is 17.8 Å². The number of esters is 2. The van der Waals surface area contributed by atoms with Crippen LogP contribution in [0, 0.1) is 17.8 Å². The summed E-state index contributed by atoms with van der Waals surface area (Å²) < 4.78 is 40.4. The van der Waals surface area contributed by atoms with Crippen LogP contribution in [-0.4, -0.2) is 80.9 Å². The van der Waals surface area contributed by atoms with Gasteiger partial charge < -0.3 is 48.9 Å². The number of benzene rings is 2. The zero-order chi connectivity index (χ0) is 47.3. The fraction of sp³-hybridized carbons (Fsp3) is 0.549. The Bertz CT molecular complexity index is 2310. The predicted molar refractivity (Wildman–Crippen MR) is 243 cm³/mol. The number of carbonyl (C=O) groups is 4. The van der Waals surface area contributed by atoms with E-state index in [1.165, 1.54) is 20.3 Å². The number of ether oxygens (including phenoxy) is 7. The van der Waals surface area contributed by atoms with Crippen LogP contribution < -0.4 is 35.0 Å². The third-order valence-electron chi connectivity index (χ3n) is 13.4. The second kappa shape index (κ2) is 20.4. The molecule has 4 bridgehead atoms. The fourth-order valence-corrected chi connectivity index (χ4v) is 10.9. The number of carbonyl (C=O) groups excluding carboxylic acids is 4. The first-order chi connectivity index (χ1) is 31.5. The van der Waals surface area contributed by atoms with Gasteiger partial charge in [0.05, 0.1) is 40.5 Å². The molecule has 5 aliphatic carbocycles. The highest BCUT2D eigenvalue weighted by Gasteiger charge is 2.59. The normalized spacial score (nSPS) is 23.4. The molecule has 0 radical (unpaired) electrons. The Kier molecular flexibility index (Phi) is 14.8. The summed E-state index contributed by atoms with van der Waals surface area (Å²) in [4.78, 5) is 66.5. The van der Waals surface area contributed by atoms with Crippen LogP contribution in [0.15, 0.2) is 59.4 Å². The van der Waals surface area contributed by atoms with Gasteiger partial charge in [0.25, 0.3) is 0 Å². The van der Waals surface area contributed by atoms with Crippen LogP contribution in [0.1, 0.15) is 120 Å². The molecule has 0 spiro atoms. The molecular formula is C51H64N2O13. The van der Waals surface area contributed by atoms with Crippen molar-refractivity contribution >= 4 is 23.9 Å². The molecule has 3 N–H and O–H groups in total. The smallest absolute Gasteiger partial charge is 0.408 e. The molecule has 0 aliphatic heterocycles. The van der Waals surface area contributed by atoms with Gasteiger partial charge in [0.2, 0.25) is 17.1 Å². The van der Waals surface area contributed by atoms with Gasteiger partial charge in [0.1, 0.15) is 17.3 Å². The van der Waals surface area contributed by atoms with E-state index in [1.807, 2.05) is 12.1 Å². The lowest BCUT2D eigenvalue weighted by Crippen LogP contribution is -2.60. The first kappa shape index (κ1) is 48.1. The monoisotopic (exact) mass is 912 g/mol. The lowest BCUT2D eigenvalue weighted by molar-refractivity contribution is -0.220. The minimum atomic E-state index is -1.68. The lowest BCUT2D eigenvalue weighted by atomic mass is 9.53. The standard InChI is InChI=1S/C51H64N2O13/c1-50(2,3)66-49(59)53-43(30-14-10-8-11-15-30)44(57)48(58)65-51-26-29-22-32(27-51)45(33(23-29)28-51)64-41(56)17-13-9-12-16-40(55)52-36-20-18-31-24-39(61-5)46(62-6)47(63-7)42(31)34-19-21-38(60-4)37(54)25-35(34)36/h8,10-11,14-15,19,21,24-25,29,32-33,36,43-45,57H,9,12-13,16-18,20,22-23,26-28H2,1-7H3,(H,52,55)(H,53,59)/t29?,32?,33?,36-,43-,44+,45?,51?/m0/s1. The molecule has 5 atom stereocenters. The van der Waals surface area contributed by atoms with E-state index in [0.717, 1.165) is 24.0 Å². The second-order valence-electron chi connectivity index (χ2n) is 19.2. The van der Waals surface area contributed by atoms with Crippen LogP contribution in [0.4, 0.5) is 4.79 Å². The van der Waals surface area contributed by atoms with E-state index in [9.17, 15) is 29.1 Å². The Hall–Kier alpha value is -5.83. The first-order valence-corrected chi connectivity index (χ1v) is 23.0. The van der Waals surface area contributed by atoms with Gasteiger partial charge in [-0.1, -0.05) is 42.8 Å². The Morgan fingerprint density at radius 1 is 0.818 bits per heavy atom. The topological polar surface area (TPSA) is 194 Å². The van der Waals surface area contributed by atoms with Gasteiger partial charge in [-0.25, -0.2) is 9.59 Å². The van der Waals surface area contributed by atoms with Crippen molar-refractivity contribution in [1.29, 1.82) is 0 Å². The number of fused-ring (bicyclic) bond motifs is 3. The molecule has 356 valence electrons. The van der Waals surface area contributed by atoms with Crippen LogP contribution in [0.25, 0.3) is 11.1 Å². The second-order valence-corrected chi connectivity index (χ2v) is 19.2. The SMILES string of the molecule is COc1cc2c(c(OC)c1OC)-c1ccc(OC)c(=O)cc1[C@@H](NC(=O)CCCCCC(=O)OC1C3CC4CC1CC(OC(=O)[C@H](O)[C@@H](NC(=O)OC(C)(C)C)c1ccccc1)(C4)C3)CC2. The van der Waals surface area contributed by atoms with Crippen molar-refractivity contribution < 1.29 is 57.4 Å². The third-order valence-corrected chi connectivity index (χ3v) is 13.4. The van der Waals surface area contributed by atoms with Gasteiger partial charge in [-0.15, -0.1) is 0 Å². The van der Waals surface area contributed by atoms with Gasteiger partial charge >= 0.3 is 18.0 Å². The summed E-state index contributed by atoms with van der Waals surface area (Å²) in [6.45, 7) is 5.19. The molecule has 2 amide bonds. The summed E-state index contributed by atoms with van der Waals surface area (Å²) in [6, 6.07) is 14.0. The average Bonchev–Trinajstić information content (AvgIpc) is 3.52. The molecule has 0 saturated heterocycles. The molecule has 8 rings (SSSR count). The van der Waals surface area contributed by atoms with Crippen LogP contribution in [0.3, 0.4) is 0 Å². The Morgan fingerprint density at radius 2 is 1.50 bits per heavy atom. The minimum absolute atomic E-state index is 0.0201. The maximum atomic E-state index is 13.7. The molecule has 0 heterocycles. The minimum Gasteiger partial charge on any atom is -0.493 e. The van der Waals surface area contributed by atoms with Crippen LogP contribution >= 0.6 is 0 Å². The Morgan fingerprint density at radius 3 is 2.15 bits per heavy atom.